The molecule has 94 valence electrons. The largest absolute Gasteiger partial charge is 0.458 e. The van der Waals surface area contributed by atoms with Crippen molar-refractivity contribution >= 4 is 16.7 Å². The van der Waals surface area contributed by atoms with Crippen molar-refractivity contribution in [3.8, 4) is 0 Å². The number of esters is 1. The number of hydrogen-bond acceptors (Lipinski definition) is 2. The van der Waals surface area contributed by atoms with Crippen molar-refractivity contribution in [2.24, 2.45) is 5.92 Å². The van der Waals surface area contributed by atoms with E-state index < -0.39 is 0 Å². The quantitative estimate of drug-likeness (QED) is 0.757. The van der Waals surface area contributed by atoms with Gasteiger partial charge in [-0.2, -0.15) is 0 Å². The molecule has 0 radical (unpaired) electrons. The molecule has 0 saturated carbocycles. The molecule has 0 fully saturated rings. The first-order chi connectivity index (χ1) is 8.58. The van der Waals surface area contributed by atoms with Crippen LogP contribution in [-0.2, 0) is 9.53 Å². The van der Waals surface area contributed by atoms with Crippen molar-refractivity contribution in [1.29, 1.82) is 0 Å². The second kappa shape index (κ2) is 5.21. The van der Waals surface area contributed by atoms with Gasteiger partial charge in [0.25, 0.3) is 0 Å². The molecular formula is C16H18O2. The van der Waals surface area contributed by atoms with E-state index in [9.17, 15) is 4.79 Å². The van der Waals surface area contributed by atoms with Gasteiger partial charge >= 0.3 is 5.97 Å². The Kier molecular flexibility index (Phi) is 3.66. The summed E-state index contributed by atoms with van der Waals surface area (Å²) in [4.78, 5) is 11.6. The van der Waals surface area contributed by atoms with Gasteiger partial charge in [-0.25, -0.2) is 0 Å². The van der Waals surface area contributed by atoms with Crippen molar-refractivity contribution in [1.82, 2.24) is 0 Å². The normalized spacial score (nSPS) is 12.7. The van der Waals surface area contributed by atoms with Gasteiger partial charge < -0.3 is 4.74 Å². The van der Waals surface area contributed by atoms with Gasteiger partial charge in [-0.1, -0.05) is 50.2 Å². The van der Waals surface area contributed by atoms with Gasteiger partial charge in [0.05, 0.1) is 5.92 Å². The standard InChI is InChI=1S/C16H18O2/c1-11(2)16(17)18-12(3)14-9-8-13-6-4-5-7-15(13)10-14/h4-12H,1-3H3. The van der Waals surface area contributed by atoms with E-state index in [0.717, 1.165) is 5.56 Å². The van der Waals surface area contributed by atoms with E-state index in [0.29, 0.717) is 0 Å². The lowest BCUT2D eigenvalue weighted by atomic mass is 10.0. The van der Waals surface area contributed by atoms with Gasteiger partial charge in [-0.3, -0.25) is 4.79 Å². The van der Waals surface area contributed by atoms with E-state index in [-0.39, 0.29) is 18.0 Å². The first kappa shape index (κ1) is 12.6. The van der Waals surface area contributed by atoms with Crippen molar-refractivity contribution in [3.63, 3.8) is 0 Å². The number of rotatable bonds is 3. The average molecular weight is 242 g/mol. The van der Waals surface area contributed by atoms with Crippen molar-refractivity contribution in [2.75, 3.05) is 0 Å². The van der Waals surface area contributed by atoms with Crippen molar-refractivity contribution in [2.45, 2.75) is 26.9 Å². The molecule has 2 aromatic carbocycles. The zero-order chi connectivity index (χ0) is 13.1. The number of ether oxygens (including phenoxy) is 1. The highest BCUT2D eigenvalue weighted by molar-refractivity contribution is 5.83. The third-order valence-electron chi connectivity index (χ3n) is 3.01. The van der Waals surface area contributed by atoms with Crippen LogP contribution in [0.5, 0.6) is 0 Å². The Labute approximate surface area is 108 Å². The van der Waals surface area contributed by atoms with Gasteiger partial charge in [0.2, 0.25) is 0 Å². The van der Waals surface area contributed by atoms with Crippen LogP contribution in [0.1, 0.15) is 32.4 Å². The van der Waals surface area contributed by atoms with Crippen LogP contribution in [0.25, 0.3) is 10.8 Å². The summed E-state index contributed by atoms with van der Waals surface area (Å²) in [5, 5.41) is 2.37. The highest BCUT2D eigenvalue weighted by Crippen LogP contribution is 2.23. The van der Waals surface area contributed by atoms with E-state index in [4.69, 9.17) is 4.74 Å². The highest BCUT2D eigenvalue weighted by Gasteiger charge is 2.14. The summed E-state index contributed by atoms with van der Waals surface area (Å²) >= 11 is 0. The fourth-order valence-electron chi connectivity index (χ4n) is 1.84. The van der Waals surface area contributed by atoms with Crippen LogP contribution in [-0.4, -0.2) is 5.97 Å². The summed E-state index contributed by atoms with van der Waals surface area (Å²) in [5.74, 6) is -0.247. The highest BCUT2D eigenvalue weighted by atomic mass is 16.5. The number of benzene rings is 2. The molecule has 0 aliphatic carbocycles. The van der Waals surface area contributed by atoms with Crippen LogP contribution in [0.15, 0.2) is 42.5 Å². The van der Waals surface area contributed by atoms with Crippen LogP contribution < -0.4 is 0 Å². The molecule has 0 amide bonds. The van der Waals surface area contributed by atoms with E-state index in [1.54, 1.807) is 0 Å². The summed E-state index contributed by atoms with van der Waals surface area (Å²) in [6.45, 7) is 5.59. The lowest BCUT2D eigenvalue weighted by Crippen LogP contribution is -2.14. The third kappa shape index (κ3) is 2.70. The minimum absolute atomic E-state index is 0.0899. The summed E-state index contributed by atoms with van der Waals surface area (Å²) in [6.07, 6.45) is -0.204. The number of carbonyl (C=O) groups excluding carboxylic acids is 1. The van der Waals surface area contributed by atoms with Crippen LogP contribution in [0, 0.1) is 5.92 Å². The molecule has 2 aromatic rings. The summed E-state index contributed by atoms with van der Waals surface area (Å²) in [7, 11) is 0. The molecule has 0 aliphatic heterocycles. The van der Waals surface area contributed by atoms with E-state index in [1.807, 2.05) is 39.0 Å². The predicted octanol–water partition coefficient (Wildman–Crippen LogP) is 4.10. The molecule has 0 spiro atoms. The molecule has 2 heteroatoms. The third-order valence-corrected chi connectivity index (χ3v) is 3.01. The minimum atomic E-state index is -0.204. The Morgan fingerprint density at radius 2 is 1.67 bits per heavy atom. The average Bonchev–Trinajstić information content (AvgIpc) is 2.37. The zero-order valence-electron chi connectivity index (χ0n) is 11.0. The zero-order valence-corrected chi connectivity index (χ0v) is 11.0. The van der Waals surface area contributed by atoms with Crippen LogP contribution >= 0.6 is 0 Å². The second-order valence-electron chi connectivity index (χ2n) is 4.84. The van der Waals surface area contributed by atoms with Gasteiger partial charge in [-0.15, -0.1) is 0 Å². The van der Waals surface area contributed by atoms with Gasteiger partial charge in [0.1, 0.15) is 6.10 Å². The first-order valence-corrected chi connectivity index (χ1v) is 6.27. The number of carbonyl (C=O) groups is 1. The Balaban J connectivity index is 2.22. The number of fused-ring (bicyclic) bond motifs is 1. The Morgan fingerprint density at radius 1 is 1.00 bits per heavy atom. The minimum Gasteiger partial charge on any atom is -0.458 e. The fourth-order valence-corrected chi connectivity index (χ4v) is 1.84. The molecule has 2 nitrogen and oxygen atoms in total. The smallest absolute Gasteiger partial charge is 0.308 e. The molecule has 18 heavy (non-hydrogen) atoms. The maximum absolute atomic E-state index is 11.6. The molecule has 1 unspecified atom stereocenters. The van der Waals surface area contributed by atoms with Gasteiger partial charge in [0, 0.05) is 0 Å². The van der Waals surface area contributed by atoms with E-state index in [1.165, 1.54) is 10.8 Å². The van der Waals surface area contributed by atoms with Gasteiger partial charge in [0.15, 0.2) is 0 Å². The van der Waals surface area contributed by atoms with Crippen LogP contribution in [0.4, 0.5) is 0 Å². The molecular weight excluding hydrogens is 224 g/mol. The molecule has 1 atom stereocenters. The lowest BCUT2D eigenvalue weighted by Gasteiger charge is -2.15. The molecule has 0 aromatic heterocycles. The maximum Gasteiger partial charge on any atom is 0.308 e. The molecule has 0 heterocycles. The molecule has 2 rings (SSSR count). The number of hydrogen-bond donors (Lipinski definition) is 0. The first-order valence-electron chi connectivity index (χ1n) is 6.27. The maximum atomic E-state index is 11.6. The van der Waals surface area contributed by atoms with Crippen LogP contribution in [0.3, 0.4) is 0 Å². The molecule has 0 aliphatic rings. The Morgan fingerprint density at radius 3 is 2.33 bits per heavy atom. The summed E-state index contributed by atoms with van der Waals surface area (Å²) in [6, 6.07) is 14.3. The summed E-state index contributed by atoms with van der Waals surface area (Å²) < 4.78 is 5.41. The van der Waals surface area contributed by atoms with E-state index in [2.05, 4.69) is 24.3 Å². The van der Waals surface area contributed by atoms with Crippen molar-refractivity contribution < 1.29 is 9.53 Å². The molecule has 0 N–H and O–H groups in total. The Bertz CT molecular complexity index is 558. The molecule has 0 bridgehead atoms. The van der Waals surface area contributed by atoms with Crippen molar-refractivity contribution in [3.05, 3.63) is 48.0 Å². The van der Waals surface area contributed by atoms with E-state index >= 15 is 0 Å². The second-order valence-corrected chi connectivity index (χ2v) is 4.84. The lowest BCUT2D eigenvalue weighted by molar-refractivity contribution is -0.152. The van der Waals surface area contributed by atoms with Gasteiger partial charge in [-0.05, 0) is 29.3 Å². The topological polar surface area (TPSA) is 26.3 Å². The predicted molar refractivity (Wildman–Crippen MR) is 73.3 cm³/mol. The Hall–Kier alpha value is -1.83. The summed E-state index contributed by atoms with van der Waals surface area (Å²) in [5.41, 5.74) is 1.03. The monoisotopic (exact) mass is 242 g/mol. The fraction of sp³-hybridized carbons (Fsp3) is 0.312. The van der Waals surface area contributed by atoms with Crippen LogP contribution in [0.2, 0.25) is 0 Å². The SMILES string of the molecule is CC(C)C(=O)OC(C)c1ccc2ccccc2c1. The molecule has 0 saturated heterocycles.